The van der Waals surface area contributed by atoms with E-state index in [1.54, 1.807) is 12.4 Å². The minimum absolute atomic E-state index is 0.112. The first kappa shape index (κ1) is 16.6. The summed E-state index contributed by atoms with van der Waals surface area (Å²) in [6.07, 6.45) is 6.84. The monoisotopic (exact) mass is 329 g/mol. The van der Waals surface area contributed by atoms with Crippen molar-refractivity contribution < 1.29 is 9.90 Å². The van der Waals surface area contributed by atoms with Gasteiger partial charge in [0, 0.05) is 62.3 Å². The van der Waals surface area contributed by atoms with Crippen molar-refractivity contribution in [2.45, 2.75) is 24.9 Å². The summed E-state index contributed by atoms with van der Waals surface area (Å²) in [6, 6.07) is 3.88. The Morgan fingerprint density at radius 1 is 1.33 bits per heavy atom. The molecule has 2 aromatic heterocycles. The number of nitrogens with two attached hydrogens (primary N) is 1. The fraction of sp³-hybridized carbons (Fsp3) is 0.471. The molecule has 3 rings (SSSR count). The lowest BCUT2D eigenvalue weighted by atomic mass is 9.91. The summed E-state index contributed by atoms with van der Waals surface area (Å²) in [5.74, 6) is -0.112. The number of anilines is 1. The minimum Gasteiger partial charge on any atom is -0.388 e. The molecule has 0 aromatic carbocycles. The number of rotatable bonds is 5. The molecule has 2 aromatic rings. The third-order valence-electron chi connectivity index (χ3n) is 4.54. The molecule has 0 atom stereocenters. The van der Waals surface area contributed by atoms with Crippen LogP contribution in [0.2, 0.25) is 0 Å². The molecule has 4 N–H and O–H groups in total. The smallest absolute Gasteiger partial charge is 0.221 e. The molecule has 1 aliphatic rings. The van der Waals surface area contributed by atoms with Gasteiger partial charge in [0.05, 0.1) is 11.1 Å². The molecule has 3 heterocycles. The zero-order valence-electron chi connectivity index (χ0n) is 13.6. The van der Waals surface area contributed by atoms with Crippen molar-refractivity contribution in [3.8, 4) is 0 Å². The number of fused-ring (bicyclic) bond motifs is 1. The van der Waals surface area contributed by atoms with E-state index >= 15 is 0 Å². The van der Waals surface area contributed by atoms with Crippen LogP contribution in [-0.2, 0) is 4.79 Å². The van der Waals surface area contributed by atoms with Gasteiger partial charge in [-0.25, -0.2) is 0 Å². The van der Waals surface area contributed by atoms with E-state index in [1.807, 2.05) is 18.3 Å². The Kier molecular flexibility index (Phi) is 4.92. The summed E-state index contributed by atoms with van der Waals surface area (Å²) < 4.78 is 0. The second kappa shape index (κ2) is 7.11. The van der Waals surface area contributed by atoms with Gasteiger partial charge in [-0.15, -0.1) is 0 Å². The average Bonchev–Trinajstić information content (AvgIpc) is 2.61. The Morgan fingerprint density at radius 3 is 2.88 bits per heavy atom. The summed E-state index contributed by atoms with van der Waals surface area (Å²) >= 11 is 0. The molecule has 0 radical (unpaired) electrons. The van der Waals surface area contributed by atoms with E-state index in [0.29, 0.717) is 19.4 Å². The van der Waals surface area contributed by atoms with Crippen molar-refractivity contribution in [1.29, 1.82) is 0 Å². The standard InChI is InChI=1S/C17H23N5O2/c18-6-1-16(23)21-12-17(24)4-9-22(10-5-17)15-3-8-20-14-2-7-19-11-13(14)15/h2-3,7-8,11,24H,1,4-6,9-10,12,18H2,(H,21,23). The van der Waals surface area contributed by atoms with Crippen LogP contribution in [0, 0.1) is 0 Å². The number of carbonyl (C=O) groups is 1. The number of aliphatic hydroxyl groups is 1. The summed E-state index contributed by atoms with van der Waals surface area (Å²) in [5, 5.41) is 14.5. The Bertz CT molecular complexity index is 708. The Labute approximate surface area is 140 Å². The molecule has 1 amide bonds. The Hall–Kier alpha value is -2.25. The Morgan fingerprint density at radius 2 is 2.12 bits per heavy atom. The van der Waals surface area contributed by atoms with E-state index in [2.05, 4.69) is 20.2 Å². The van der Waals surface area contributed by atoms with Gasteiger partial charge in [0.1, 0.15) is 0 Å². The number of amides is 1. The number of aromatic nitrogens is 2. The van der Waals surface area contributed by atoms with Crippen LogP contribution in [0.3, 0.4) is 0 Å². The number of nitrogens with zero attached hydrogens (tertiary/aromatic N) is 3. The molecule has 1 aliphatic heterocycles. The van der Waals surface area contributed by atoms with Crippen LogP contribution in [0.4, 0.5) is 5.69 Å². The quantitative estimate of drug-likeness (QED) is 0.735. The third-order valence-corrected chi connectivity index (χ3v) is 4.54. The summed E-state index contributed by atoms with van der Waals surface area (Å²) in [5.41, 5.74) is 6.50. The normalized spacial score (nSPS) is 17.0. The number of piperidine rings is 1. The Balaban J connectivity index is 1.65. The molecule has 0 saturated carbocycles. The molecule has 0 aliphatic carbocycles. The van der Waals surface area contributed by atoms with Gasteiger partial charge in [-0.3, -0.25) is 14.8 Å². The first-order valence-electron chi connectivity index (χ1n) is 8.24. The van der Waals surface area contributed by atoms with Gasteiger partial charge >= 0.3 is 0 Å². The lowest BCUT2D eigenvalue weighted by Crippen LogP contribution is -2.51. The predicted molar refractivity (Wildman–Crippen MR) is 92.6 cm³/mol. The SMILES string of the molecule is NCCC(=O)NCC1(O)CCN(c2ccnc3ccncc23)CC1. The summed E-state index contributed by atoms with van der Waals surface area (Å²) in [4.78, 5) is 22.3. The molecule has 128 valence electrons. The largest absolute Gasteiger partial charge is 0.388 e. The van der Waals surface area contributed by atoms with Crippen LogP contribution < -0.4 is 16.0 Å². The fourth-order valence-corrected chi connectivity index (χ4v) is 3.07. The lowest BCUT2D eigenvalue weighted by Gasteiger charge is -2.39. The van der Waals surface area contributed by atoms with E-state index in [9.17, 15) is 9.90 Å². The molecule has 1 fully saturated rings. The highest BCUT2D eigenvalue weighted by molar-refractivity contribution is 5.90. The first-order chi connectivity index (χ1) is 11.6. The molecule has 0 spiro atoms. The van der Waals surface area contributed by atoms with Crippen molar-refractivity contribution in [1.82, 2.24) is 15.3 Å². The maximum atomic E-state index is 11.5. The summed E-state index contributed by atoms with van der Waals surface area (Å²) in [7, 11) is 0. The van der Waals surface area contributed by atoms with Crippen molar-refractivity contribution in [2.75, 3.05) is 31.1 Å². The van der Waals surface area contributed by atoms with E-state index in [0.717, 1.165) is 29.7 Å². The highest BCUT2D eigenvalue weighted by atomic mass is 16.3. The fourth-order valence-electron chi connectivity index (χ4n) is 3.07. The van der Waals surface area contributed by atoms with Gasteiger partial charge in [-0.1, -0.05) is 0 Å². The number of hydrogen-bond donors (Lipinski definition) is 3. The minimum atomic E-state index is -0.859. The van der Waals surface area contributed by atoms with E-state index in [-0.39, 0.29) is 18.9 Å². The zero-order chi connectivity index (χ0) is 17.0. The molecular formula is C17H23N5O2. The van der Waals surface area contributed by atoms with Crippen LogP contribution in [-0.4, -0.2) is 52.8 Å². The van der Waals surface area contributed by atoms with E-state index in [4.69, 9.17) is 5.73 Å². The van der Waals surface area contributed by atoms with Crippen LogP contribution in [0.25, 0.3) is 10.9 Å². The predicted octanol–water partition coefficient (Wildman–Crippen LogP) is 0.426. The molecular weight excluding hydrogens is 306 g/mol. The number of pyridine rings is 2. The number of nitrogens with one attached hydrogen (secondary N) is 1. The zero-order valence-corrected chi connectivity index (χ0v) is 13.6. The third kappa shape index (κ3) is 3.63. The van der Waals surface area contributed by atoms with E-state index < -0.39 is 5.60 Å². The van der Waals surface area contributed by atoms with Crippen LogP contribution >= 0.6 is 0 Å². The molecule has 7 nitrogen and oxygen atoms in total. The van der Waals surface area contributed by atoms with Gasteiger partial charge in [0.15, 0.2) is 0 Å². The van der Waals surface area contributed by atoms with Crippen molar-refractivity contribution in [2.24, 2.45) is 5.73 Å². The molecule has 1 saturated heterocycles. The first-order valence-corrected chi connectivity index (χ1v) is 8.24. The molecule has 0 bridgehead atoms. The second-order valence-corrected chi connectivity index (χ2v) is 6.25. The molecule has 0 unspecified atom stereocenters. The van der Waals surface area contributed by atoms with Gasteiger partial charge in [-0.2, -0.15) is 0 Å². The van der Waals surface area contributed by atoms with Crippen LogP contribution in [0.5, 0.6) is 0 Å². The number of hydrogen-bond acceptors (Lipinski definition) is 6. The van der Waals surface area contributed by atoms with Gasteiger partial charge in [0.2, 0.25) is 5.91 Å². The van der Waals surface area contributed by atoms with Crippen LogP contribution in [0.1, 0.15) is 19.3 Å². The molecule has 7 heteroatoms. The van der Waals surface area contributed by atoms with Gasteiger partial charge in [0.25, 0.3) is 0 Å². The second-order valence-electron chi connectivity index (χ2n) is 6.25. The maximum Gasteiger partial charge on any atom is 0.221 e. The lowest BCUT2D eigenvalue weighted by molar-refractivity contribution is -0.122. The molecule has 24 heavy (non-hydrogen) atoms. The van der Waals surface area contributed by atoms with Crippen molar-refractivity contribution in [3.63, 3.8) is 0 Å². The van der Waals surface area contributed by atoms with Gasteiger partial charge < -0.3 is 21.1 Å². The van der Waals surface area contributed by atoms with Gasteiger partial charge in [-0.05, 0) is 25.0 Å². The van der Waals surface area contributed by atoms with Crippen LogP contribution in [0.15, 0.2) is 30.7 Å². The van der Waals surface area contributed by atoms with Crippen molar-refractivity contribution in [3.05, 3.63) is 30.7 Å². The highest BCUT2D eigenvalue weighted by Gasteiger charge is 2.33. The topological polar surface area (TPSA) is 104 Å². The number of carbonyl (C=O) groups excluding carboxylic acids is 1. The highest BCUT2D eigenvalue weighted by Crippen LogP contribution is 2.30. The van der Waals surface area contributed by atoms with E-state index in [1.165, 1.54) is 0 Å². The summed E-state index contributed by atoms with van der Waals surface area (Å²) in [6.45, 7) is 2.04. The maximum absolute atomic E-state index is 11.5. The van der Waals surface area contributed by atoms with Crippen molar-refractivity contribution >= 4 is 22.5 Å². The average molecular weight is 329 g/mol.